The molecule has 0 unspecified atom stereocenters. The van der Waals surface area contributed by atoms with E-state index in [1.54, 1.807) is 10.9 Å². The summed E-state index contributed by atoms with van der Waals surface area (Å²) in [5, 5.41) is 8.25. The van der Waals surface area contributed by atoms with Crippen LogP contribution in [0.2, 0.25) is 0 Å². The van der Waals surface area contributed by atoms with Crippen molar-refractivity contribution in [3.05, 3.63) is 42.2 Å². The predicted octanol–water partition coefficient (Wildman–Crippen LogP) is 1.97. The highest BCUT2D eigenvalue weighted by atomic mass is 16.2. The van der Waals surface area contributed by atoms with Gasteiger partial charge in [-0.3, -0.25) is 4.79 Å². The lowest BCUT2D eigenvalue weighted by molar-refractivity contribution is 0.0658. The van der Waals surface area contributed by atoms with Crippen molar-refractivity contribution in [3.8, 4) is 5.69 Å². The van der Waals surface area contributed by atoms with Crippen molar-refractivity contribution < 1.29 is 4.79 Å². The van der Waals surface area contributed by atoms with Crippen LogP contribution in [0.3, 0.4) is 0 Å². The van der Waals surface area contributed by atoms with Crippen LogP contribution in [-0.4, -0.2) is 62.9 Å². The number of carbonyl (C=O) groups is 1. The molecule has 2 atom stereocenters. The van der Waals surface area contributed by atoms with E-state index in [-0.39, 0.29) is 5.91 Å². The maximum atomic E-state index is 13.0. The summed E-state index contributed by atoms with van der Waals surface area (Å²) in [7, 11) is 2.17. The molecule has 2 fully saturated rings. The number of hydrogen-bond donors (Lipinski definition) is 0. The number of para-hydroxylation sites is 1. The van der Waals surface area contributed by atoms with Gasteiger partial charge in [-0.1, -0.05) is 23.4 Å². The highest BCUT2D eigenvalue weighted by Gasteiger charge is 2.39. The molecule has 6 heteroatoms. The Morgan fingerprint density at radius 3 is 2.58 bits per heavy atom. The van der Waals surface area contributed by atoms with Gasteiger partial charge in [0.15, 0.2) is 5.69 Å². The molecule has 4 rings (SSSR count). The second kappa shape index (κ2) is 6.36. The fourth-order valence-electron chi connectivity index (χ4n) is 4.08. The van der Waals surface area contributed by atoms with E-state index in [0.29, 0.717) is 17.8 Å². The molecule has 2 aromatic rings. The molecule has 0 bridgehead atoms. The smallest absolute Gasteiger partial charge is 0.276 e. The molecule has 0 spiro atoms. The van der Waals surface area contributed by atoms with E-state index in [1.165, 1.54) is 12.8 Å². The van der Waals surface area contributed by atoms with Crippen LogP contribution in [0.4, 0.5) is 0 Å². The van der Waals surface area contributed by atoms with Gasteiger partial charge in [-0.05, 0) is 51.4 Å². The Hall–Kier alpha value is -2.21. The average molecular weight is 325 g/mol. The summed E-state index contributed by atoms with van der Waals surface area (Å²) < 4.78 is 1.67. The first-order valence-electron chi connectivity index (χ1n) is 8.73. The molecule has 1 amide bonds. The van der Waals surface area contributed by atoms with Gasteiger partial charge in [0.05, 0.1) is 11.9 Å². The average Bonchev–Trinajstić information content (AvgIpc) is 3.35. The number of likely N-dealkylation sites (tertiary alicyclic amines) is 2. The first kappa shape index (κ1) is 15.3. The molecule has 6 nitrogen and oxygen atoms in total. The summed E-state index contributed by atoms with van der Waals surface area (Å²) in [5.74, 6) is 0.0139. The quantitative estimate of drug-likeness (QED) is 0.866. The normalized spacial score (nSPS) is 24.6. The summed E-state index contributed by atoms with van der Waals surface area (Å²) in [4.78, 5) is 17.4. The number of rotatable bonds is 3. The van der Waals surface area contributed by atoms with E-state index in [1.807, 2.05) is 35.2 Å². The second-order valence-corrected chi connectivity index (χ2v) is 6.78. The van der Waals surface area contributed by atoms with Crippen LogP contribution in [0, 0.1) is 0 Å². The number of aromatic nitrogens is 3. The van der Waals surface area contributed by atoms with Gasteiger partial charge in [-0.2, -0.15) is 0 Å². The number of carbonyl (C=O) groups excluding carboxylic acids is 1. The van der Waals surface area contributed by atoms with Crippen molar-refractivity contribution in [3.63, 3.8) is 0 Å². The first-order valence-corrected chi connectivity index (χ1v) is 8.73. The first-order chi connectivity index (χ1) is 11.7. The molecule has 126 valence electrons. The molecule has 1 aromatic heterocycles. The maximum Gasteiger partial charge on any atom is 0.276 e. The Bertz CT molecular complexity index is 713. The predicted molar refractivity (Wildman–Crippen MR) is 91.1 cm³/mol. The molecule has 2 saturated heterocycles. The summed E-state index contributed by atoms with van der Waals surface area (Å²) >= 11 is 0. The largest absolute Gasteiger partial charge is 0.333 e. The Morgan fingerprint density at radius 1 is 1.08 bits per heavy atom. The van der Waals surface area contributed by atoms with E-state index in [4.69, 9.17) is 0 Å². The summed E-state index contributed by atoms with van der Waals surface area (Å²) in [6.45, 7) is 1.96. The van der Waals surface area contributed by atoms with E-state index in [9.17, 15) is 4.79 Å². The van der Waals surface area contributed by atoms with Gasteiger partial charge >= 0.3 is 0 Å². The van der Waals surface area contributed by atoms with Crippen LogP contribution < -0.4 is 0 Å². The topological polar surface area (TPSA) is 54.3 Å². The highest BCUT2D eigenvalue weighted by molar-refractivity contribution is 5.92. The number of amides is 1. The van der Waals surface area contributed by atoms with Gasteiger partial charge in [0.2, 0.25) is 0 Å². The molecule has 2 aliphatic rings. The van der Waals surface area contributed by atoms with Crippen molar-refractivity contribution >= 4 is 5.91 Å². The van der Waals surface area contributed by atoms with Crippen LogP contribution >= 0.6 is 0 Å². The van der Waals surface area contributed by atoms with Crippen LogP contribution in [0.5, 0.6) is 0 Å². The lowest BCUT2D eigenvalue weighted by Crippen LogP contribution is -2.47. The lowest BCUT2D eigenvalue weighted by atomic mass is 10.0. The van der Waals surface area contributed by atoms with Gasteiger partial charge in [0.25, 0.3) is 5.91 Å². The van der Waals surface area contributed by atoms with Crippen molar-refractivity contribution in [1.29, 1.82) is 0 Å². The monoisotopic (exact) mass is 325 g/mol. The summed E-state index contributed by atoms with van der Waals surface area (Å²) in [6.07, 6.45) is 6.32. The molecule has 1 aromatic carbocycles. The van der Waals surface area contributed by atoms with Crippen LogP contribution in [-0.2, 0) is 0 Å². The zero-order chi connectivity index (χ0) is 16.5. The third kappa shape index (κ3) is 2.71. The SMILES string of the molecule is CN1CCC[C@@H]1[C@H]1CCCN1C(=O)c1cn(-c2ccccc2)nn1. The molecule has 0 aliphatic carbocycles. The lowest BCUT2D eigenvalue weighted by Gasteiger charge is -2.32. The second-order valence-electron chi connectivity index (χ2n) is 6.78. The van der Waals surface area contributed by atoms with E-state index in [0.717, 1.165) is 31.6 Å². The number of benzene rings is 1. The Morgan fingerprint density at radius 2 is 1.83 bits per heavy atom. The fraction of sp³-hybridized carbons (Fsp3) is 0.500. The zero-order valence-electron chi connectivity index (χ0n) is 14.0. The Labute approximate surface area is 142 Å². The van der Waals surface area contributed by atoms with E-state index < -0.39 is 0 Å². The third-order valence-corrected chi connectivity index (χ3v) is 5.31. The molecule has 24 heavy (non-hydrogen) atoms. The molecule has 0 radical (unpaired) electrons. The Kier molecular flexibility index (Phi) is 4.06. The van der Waals surface area contributed by atoms with Gasteiger partial charge in [-0.15, -0.1) is 5.10 Å². The highest BCUT2D eigenvalue weighted by Crippen LogP contribution is 2.29. The van der Waals surface area contributed by atoms with E-state index >= 15 is 0 Å². The molecule has 3 heterocycles. The number of likely N-dealkylation sites (N-methyl/N-ethyl adjacent to an activating group) is 1. The number of nitrogens with zero attached hydrogens (tertiary/aromatic N) is 5. The fourth-order valence-corrected chi connectivity index (χ4v) is 4.08. The molecule has 2 aliphatic heterocycles. The molecule has 0 saturated carbocycles. The van der Waals surface area contributed by atoms with Crippen LogP contribution in [0.25, 0.3) is 5.69 Å². The van der Waals surface area contributed by atoms with Crippen LogP contribution in [0.15, 0.2) is 36.5 Å². The van der Waals surface area contributed by atoms with Crippen molar-refractivity contribution in [2.24, 2.45) is 0 Å². The minimum Gasteiger partial charge on any atom is -0.333 e. The standard InChI is InChI=1S/C18H23N5O/c1-21-11-5-9-16(21)17-10-6-12-22(17)18(24)15-13-23(20-19-15)14-7-3-2-4-8-14/h2-4,7-8,13,16-17H,5-6,9-12H2,1H3/t16-,17-/m1/s1. The molecular formula is C18H23N5O. The van der Waals surface area contributed by atoms with Crippen molar-refractivity contribution in [2.45, 2.75) is 37.8 Å². The minimum atomic E-state index is 0.0139. The van der Waals surface area contributed by atoms with Gasteiger partial charge in [0.1, 0.15) is 0 Å². The minimum absolute atomic E-state index is 0.0139. The van der Waals surface area contributed by atoms with Crippen molar-refractivity contribution in [1.82, 2.24) is 24.8 Å². The molecule has 0 N–H and O–H groups in total. The Balaban J connectivity index is 1.54. The van der Waals surface area contributed by atoms with Gasteiger partial charge in [-0.25, -0.2) is 4.68 Å². The molecular weight excluding hydrogens is 302 g/mol. The summed E-state index contributed by atoms with van der Waals surface area (Å²) in [5.41, 5.74) is 1.35. The van der Waals surface area contributed by atoms with Gasteiger partial charge in [0, 0.05) is 18.6 Å². The van der Waals surface area contributed by atoms with Crippen molar-refractivity contribution in [2.75, 3.05) is 20.1 Å². The number of hydrogen-bond acceptors (Lipinski definition) is 4. The third-order valence-electron chi connectivity index (χ3n) is 5.31. The zero-order valence-corrected chi connectivity index (χ0v) is 14.0. The van der Waals surface area contributed by atoms with Crippen LogP contribution in [0.1, 0.15) is 36.2 Å². The maximum absolute atomic E-state index is 13.0. The van der Waals surface area contributed by atoms with E-state index in [2.05, 4.69) is 22.3 Å². The van der Waals surface area contributed by atoms with Gasteiger partial charge < -0.3 is 9.80 Å². The summed E-state index contributed by atoms with van der Waals surface area (Å²) in [6, 6.07) is 10.6.